The van der Waals surface area contributed by atoms with Crippen molar-refractivity contribution in [2.75, 3.05) is 0 Å². The summed E-state index contributed by atoms with van der Waals surface area (Å²) in [6, 6.07) is 6.98. The summed E-state index contributed by atoms with van der Waals surface area (Å²) in [4.78, 5) is 0. The molecule has 0 bridgehead atoms. The third-order valence-electron chi connectivity index (χ3n) is 4.20. The summed E-state index contributed by atoms with van der Waals surface area (Å²) in [5, 5.41) is 0. The lowest BCUT2D eigenvalue weighted by molar-refractivity contribution is 0.256. The number of hydrogen-bond acceptors (Lipinski definition) is 1. The number of benzene rings is 1. The maximum absolute atomic E-state index is 6.45. The molecule has 1 saturated carbocycles. The fourth-order valence-electron chi connectivity index (χ4n) is 3.12. The summed E-state index contributed by atoms with van der Waals surface area (Å²) in [6.07, 6.45) is 5.30. The van der Waals surface area contributed by atoms with Crippen molar-refractivity contribution in [3.05, 3.63) is 34.9 Å². The van der Waals surface area contributed by atoms with E-state index in [1.54, 1.807) is 0 Å². The van der Waals surface area contributed by atoms with E-state index < -0.39 is 0 Å². The lowest BCUT2D eigenvalue weighted by Crippen LogP contribution is -2.25. The molecule has 0 heterocycles. The Morgan fingerprint density at radius 2 is 1.53 bits per heavy atom. The van der Waals surface area contributed by atoms with Crippen molar-refractivity contribution in [1.29, 1.82) is 0 Å². The SMILES string of the molecule is Cc1cc(C)cc(C(N)C2CCC(C)CC2)c1. The van der Waals surface area contributed by atoms with Gasteiger partial charge in [-0.3, -0.25) is 0 Å². The Hall–Kier alpha value is -0.820. The van der Waals surface area contributed by atoms with Crippen LogP contribution in [0.15, 0.2) is 18.2 Å². The van der Waals surface area contributed by atoms with Gasteiger partial charge in [0.05, 0.1) is 0 Å². The van der Waals surface area contributed by atoms with Gasteiger partial charge in [0, 0.05) is 6.04 Å². The van der Waals surface area contributed by atoms with E-state index in [1.165, 1.54) is 42.4 Å². The average molecular weight is 231 g/mol. The lowest BCUT2D eigenvalue weighted by atomic mass is 9.77. The molecule has 94 valence electrons. The first kappa shape index (κ1) is 12.6. The summed E-state index contributed by atoms with van der Waals surface area (Å²) in [5.74, 6) is 1.59. The molecule has 0 aromatic heterocycles. The van der Waals surface area contributed by atoms with Crippen LogP contribution in [-0.2, 0) is 0 Å². The number of hydrogen-bond donors (Lipinski definition) is 1. The molecule has 17 heavy (non-hydrogen) atoms. The van der Waals surface area contributed by atoms with Gasteiger partial charge in [0.15, 0.2) is 0 Å². The molecule has 1 nitrogen and oxygen atoms in total. The van der Waals surface area contributed by atoms with Gasteiger partial charge in [0.2, 0.25) is 0 Å². The normalized spacial score (nSPS) is 26.8. The van der Waals surface area contributed by atoms with E-state index in [0.29, 0.717) is 5.92 Å². The molecular weight excluding hydrogens is 206 g/mol. The number of rotatable bonds is 2. The molecule has 2 rings (SSSR count). The third-order valence-corrected chi connectivity index (χ3v) is 4.20. The van der Waals surface area contributed by atoms with Gasteiger partial charge in [-0.15, -0.1) is 0 Å². The smallest absolute Gasteiger partial charge is 0.0323 e. The second kappa shape index (κ2) is 5.22. The first-order chi connectivity index (χ1) is 8.06. The van der Waals surface area contributed by atoms with Gasteiger partial charge < -0.3 is 5.73 Å². The van der Waals surface area contributed by atoms with Crippen LogP contribution in [-0.4, -0.2) is 0 Å². The molecule has 1 aromatic carbocycles. The first-order valence-electron chi connectivity index (χ1n) is 6.90. The van der Waals surface area contributed by atoms with Crippen molar-refractivity contribution in [1.82, 2.24) is 0 Å². The predicted octanol–water partition coefficient (Wildman–Crippen LogP) is 4.13. The zero-order valence-corrected chi connectivity index (χ0v) is 11.4. The molecule has 0 amide bonds. The Morgan fingerprint density at radius 3 is 2.06 bits per heavy atom. The van der Waals surface area contributed by atoms with Crippen LogP contribution in [0.3, 0.4) is 0 Å². The summed E-state index contributed by atoms with van der Waals surface area (Å²) in [7, 11) is 0. The molecule has 0 saturated heterocycles. The second-order valence-electron chi connectivity index (χ2n) is 5.97. The summed E-state index contributed by atoms with van der Waals surface area (Å²) < 4.78 is 0. The van der Waals surface area contributed by atoms with Crippen LogP contribution in [0.4, 0.5) is 0 Å². The fraction of sp³-hybridized carbons (Fsp3) is 0.625. The highest BCUT2D eigenvalue weighted by atomic mass is 14.7. The molecule has 1 aliphatic carbocycles. The van der Waals surface area contributed by atoms with Crippen molar-refractivity contribution in [2.24, 2.45) is 17.6 Å². The quantitative estimate of drug-likeness (QED) is 0.813. The predicted molar refractivity (Wildman–Crippen MR) is 74.0 cm³/mol. The second-order valence-corrected chi connectivity index (χ2v) is 5.97. The Bertz CT molecular complexity index is 355. The zero-order valence-electron chi connectivity index (χ0n) is 11.4. The monoisotopic (exact) mass is 231 g/mol. The molecule has 1 unspecified atom stereocenters. The zero-order chi connectivity index (χ0) is 12.4. The van der Waals surface area contributed by atoms with Crippen LogP contribution in [0.5, 0.6) is 0 Å². The Kier molecular flexibility index (Phi) is 3.88. The molecule has 0 spiro atoms. The highest BCUT2D eigenvalue weighted by Crippen LogP contribution is 2.35. The lowest BCUT2D eigenvalue weighted by Gasteiger charge is -2.31. The molecule has 2 N–H and O–H groups in total. The topological polar surface area (TPSA) is 26.0 Å². The first-order valence-corrected chi connectivity index (χ1v) is 6.90. The van der Waals surface area contributed by atoms with E-state index >= 15 is 0 Å². The Morgan fingerprint density at radius 1 is 1.00 bits per heavy atom. The minimum absolute atomic E-state index is 0.237. The van der Waals surface area contributed by atoms with Gasteiger partial charge in [0.25, 0.3) is 0 Å². The molecule has 1 atom stereocenters. The Balaban J connectivity index is 2.10. The van der Waals surface area contributed by atoms with Gasteiger partial charge >= 0.3 is 0 Å². The highest BCUT2D eigenvalue weighted by Gasteiger charge is 2.24. The number of nitrogens with two attached hydrogens (primary N) is 1. The van der Waals surface area contributed by atoms with Crippen molar-refractivity contribution in [3.8, 4) is 0 Å². The third kappa shape index (κ3) is 3.10. The summed E-state index contributed by atoms with van der Waals surface area (Å²) in [5.41, 5.74) is 10.5. The molecule has 1 aromatic rings. The maximum atomic E-state index is 6.45. The molecule has 1 heteroatoms. The van der Waals surface area contributed by atoms with Crippen LogP contribution >= 0.6 is 0 Å². The van der Waals surface area contributed by atoms with Crippen LogP contribution in [0.2, 0.25) is 0 Å². The average Bonchev–Trinajstić information content (AvgIpc) is 2.28. The van der Waals surface area contributed by atoms with Crippen molar-refractivity contribution < 1.29 is 0 Å². The molecular formula is C16H25N. The van der Waals surface area contributed by atoms with E-state index in [2.05, 4.69) is 39.0 Å². The van der Waals surface area contributed by atoms with Crippen LogP contribution in [0.25, 0.3) is 0 Å². The van der Waals surface area contributed by atoms with Crippen LogP contribution in [0, 0.1) is 25.7 Å². The van der Waals surface area contributed by atoms with E-state index in [9.17, 15) is 0 Å². The molecule has 0 radical (unpaired) electrons. The fourth-order valence-corrected chi connectivity index (χ4v) is 3.12. The standard InChI is InChI=1S/C16H25N/c1-11-4-6-14(7-5-11)16(17)15-9-12(2)8-13(3)10-15/h8-11,14,16H,4-7,17H2,1-3H3. The highest BCUT2D eigenvalue weighted by molar-refractivity contribution is 5.30. The Labute approximate surface area is 105 Å². The van der Waals surface area contributed by atoms with E-state index in [4.69, 9.17) is 5.73 Å². The van der Waals surface area contributed by atoms with Gasteiger partial charge in [-0.1, -0.05) is 49.1 Å². The van der Waals surface area contributed by atoms with Gasteiger partial charge in [-0.25, -0.2) is 0 Å². The number of aryl methyl sites for hydroxylation is 2. The van der Waals surface area contributed by atoms with Gasteiger partial charge in [-0.2, -0.15) is 0 Å². The van der Waals surface area contributed by atoms with E-state index in [-0.39, 0.29) is 6.04 Å². The van der Waals surface area contributed by atoms with Crippen LogP contribution < -0.4 is 5.73 Å². The molecule has 1 fully saturated rings. The largest absolute Gasteiger partial charge is 0.324 e. The summed E-state index contributed by atoms with van der Waals surface area (Å²) in [6.45, 7) is 6.68. The minimum atomic E-state index is 0.237. The maximum Gasteiger partial charge on any atom is 0.0323 e. The minimum Gasteiger partial charge on any atom is -0.324 e. The van der Waals surface area contributed by atoms with E-state index in [0.717, 1.165) is 5.92 Å². The van der Waals surface area contributed by atoms with Gasteiger partial charge in [0.1, 0.15) is 0 Å². The van der Waals surface area contributed by atoms with Gasteiger partial charge in [-0.05, 0) is 44.1 Å². The van der Waals surface area contributed by atoms with Crippen molar-refractivity contribution in [3.63, 3.8) is 0 Å². The van der Waals surface area contributed by atoms with Crippen molar-refractivity contribution >= 4 is 0 Å². The van der Waals surface area contributed by atoms with Crippen molar-refractivity contribution in [2.45, 2.75) is 52.5 Å². The van der Waals surface area contributed by atoms with Crippen LogP contribution in [0.1, 0.15) is 55.3 Å². The summed E-state index contributed by atoms with van der Waals surface area (Å²) >= 11 is 0. The molecule has 1 aliphatic rings. The molecule has 0 aliphatic heterocycles. The van der Waals surface area contributed by atoms with E-state index in [1.807, 2.05) is 0 Å².